The van der Waals surface area contributed by atoms with E-state index in [1.807, 2.05) is 61.3 Å². The van der Waals surface area contributed by atoms with Crippen molar-refractivity contribution in [1.29, 1.82) is 0 Å². The third kappa shape index (κ3) is 5.43. The third-order valence-corrected chi connectivity index (χ3v) is 8.71. The van der Waals surface area contributed by atoms with Gasteiger partial charge < -0.3 is 20.4 Å². The molecule has 3 aromatic rings. The fraction of sp³-hybridized carbons (Fsp3) is 0.452. The van der Waals surface area contributed by atoms with Gasteiger partial charge in [0.1, 0.15) is 5.82 Å². The smallest absolute Gasteiger partial charge is 0.317 e. The molecule has 9 heteroatoms. The Morgan fingerprint density at radius 2 is 1.82 bits per heavy atom. The summed E-state index contributed by atoms with van der Waals surface area (Å²) in [4.78, 5) is 32.9. The monoisotopic (exact) mass is 541 g/mol. The lowest BCUT2D eigenvalue weighted by atomic mass is 10.0. The van der Waals surface area contributed by atoms with Crippen molar-refractivity contribution < 1.29 is 9.59 Å². The molecule has 40 heavy (non-hydrogen) atoms. The molecular formula is C31H39N7O2. The summed E-state index contributed by atoms with van der Waals surface area (Å²) in [5.74, 6) is 1.66. The molecule has 2 aromatic carbocycles. The fourth-order valence-corrected chi connectivity index (χ4v) is 6.30. The first-order valence-electron chi connectivity index (χ1n) is 14.5. The quantitative estimate of drug-likeness (QED) is 0.491. The summed E-state index contributed by atoms with van der Waals surface area (Å²) in [5.41, 5.74) is 5.28. The summed E-state index contributed by atoms with van der Waals surface area (Å²) in [6.07, 6.45) is 7.27. The van der Waals surface area contributed by atoms with Crippen molar-refractivity contribution in [2.45, 2.75) is 45.7 Å². The van der Waals surface area contributed by atoms with Crippen LogP contribution in [-0.2, 0) is 20.1 Å². The lowest BCUT2D eigenvalue weighted by Crippen LogP contribution is -2.52. The number of fused-ring (bicyclic) bond motifs is 2. The lowest BCUT2D eigenvalue weighted by Gasteiger charge is -2.36. The van der Waals surface area contributed by atoms with Crippen molar-refractivity contribution in [1.82, 2.24) is 24.9 Å². The lowest BCUT2D eigenvalue weighted by molar-refractivity contribution is 0.0985. The molecule has 2 fully saturated rings. The molecule has 1 aromatic heterocycles. The van der Waals surface area contributed by atoms with E-state index in [1.54, 1.807) is 15.8 Å². The Morgan fingerprint density at radius 3 is 2.60 bits per heavy atom. The molecule has 1 aliphatic carbocycles. The van der Waals surface area contributed by atoms with Gasteiger partial charge in [0.05, 0.1) is 24.1 Å². The number of anilines is 3. The number of hydrogen-bond donors (Lipinski definition) is 2. The van der Waals surface area contributed by atoms with Gasteiger partial charge in [0.15, 0.2) is 0 Å². The Balaban J connectivity index is 1.08. The van der Waals surface area contributed by atoms with Crippen LogP contribution in [0.5, 0.6) is 0 Å². The zero-order valence-electron chi connectivity index (χ0n) is 23.5. The molecule has 3 amide bonds. The minimum atomic E-state index is -0.0693. The van der Waals surface area contributed by atoms with Crippen molar-refractivity contribution in [3.63, 3.8) is 0 Å². The summed E-state index contributed by atoms with van der Waals surface area (Å²) < 4.78 is 1.80. The Bertz CT molecular complexity index is 1390. The molecule has 9 nitrogen and oxygen atoms in total. The molecule has 0 bridgehead atoms. The van der Waals surface area contributed by atoms with E-state index >= 15 is 0 Å². The summed E-state index contributed by atoms with van der Waals surface area (Å²) in [6.45, 7) is 7.50. The van der Waals surface area contributed by atoms with Crippen molar-refractivity contribution >= 4 is 29.1 Å². The predicted molar refractivity (Wildman–Crippen MR) is 157 cm³/mol. The van der Waals surface area contributed by atoms with Crippen LogP contribution in [-0.4, -0.2) is 64.2 Å². The molecule has 1 saturated carbocycles. The number of benzene rings is 2. The van der Waals surface area contributed by atoms with E-state index in [0.717, 1.165) is 66.0 Å². The topological polar surface area (TPSA) is 85.7 Å². The zero-order chi connectivity index (χ0) is 27.6. The average Bonchev–Trinajstić information content (AvgIpc) is 3.56. The van der Waals surface area contributed by atoms with Crippen molar-refractivity contribution in [3.05, 3.63) is 70.9 Å². The predicted octanol–water partition coefficient (Wildman–Crippen LogP) is 4.65. The van der Waals surface area contributed by atoms with Crippen molar-refractivity contribution in [3.8, 4) is 0 Å². The van der Waals surface area contributed by atoms with E-state index in [4.69, 9.17) is 0 Å². The van der Waals surface area contributed by atoms with Gasteiger partial charge in [0.2, 0.25) is 0 Å². The van der Waals surface area contributed by atoms with E-state index in [-0.39, 0.29) is 11.9 Å². The number of hydrogen-bond acceptors (Lipinski definition) is 5. The highest BCUT2D eigenvalue weighted by molar-refractivity contribution is 6.08. The second kappa shape index (κ2) is 11.3. The number of carbonyl (C=O) groups excluding carboxylic acids is 2. The van der Waals surface area contributed by atoms with Gasteiger partial charge in [-0.25, -0.2) is 4.79 Å². The molecule has 210 valence electrons. The van der Waals surface area contributed by atoms with E-state index in [2.05, 4.69) is 20.6 Å². The molecular weight excluding hydrogens is 502 g/mol. The first-order chi connectivity index (χ1) is 19.5. The highest BCUT2D eigenvalue weighted by Gasteiger charge is 2.27. The largest absolute Gasteiger partial charge is 0.338 e. The van der Waals surface area contributed by atoms with Gasteiger partial charge in [0, 0.05) is 57.4 Å². The first kappa shape index (κ1) is 26.4. The van der Waals surface area contributed by atoms with Crippen LogP contribution in [0.2, 0.25) is 0 Å². The van der Waals surface area contributed by atoms with Gasteiger partial charge in [0.25, 0.3) is 5.91 Å². The standard InChI is InChI=1S/C31H39N7O2/c1-22-17-24(30(39)38-21-26-19-33-35(2)29(26)34-27-9-5-6-10-28(27)38)11-12-25(22)18-32-31(40)37-15-13-36(14-16-37)20-23-7-3-4-8-23/h5-6,9-12,17,19,23,34H,3-4,7-8,13-16,18,20-21H2,1-2H3,(H,32,40). The number of rotatable bonds is 5. The Labute approximate surface area is 236 Å². The molecule has 3 heterocycles. The molecule has 1 saturated heterocycles. The van der Waals surface area contributed by atoms with Crippen LogP contribution >= 0.6 is 0 Å². The Morgan fingerprint density at radius 1 is 1.05 bits per heavy atom. The van der Waals surface area contributed by atoms with Crippen LogP contribution in [0.4, 0.5) is 22.0 Å². The second-order valence-corrected chi connectivity index (χ2v) is 11.4. The zero-order valence-corrected chi connectivity index (χ0v) is 23.5. The number of carbonyl (C=O) groups is 2. The fourth-order valence-electron chi connectivity index (χ4n) is 6.30. The molecule has 6 rings (SSSR count). The molecule has 3 aliphatic rings. The van der Waals surface area contributed by atoms with Crippen LogP contribution < -0.4 is 15.5 Å². The normalized spacial score (nSPS) is 17.6. The maximum absolute atomic E-state index is 13.8. The van der Waals surface area contributed by atoms with E-state index in [0.29, 0.717) is 18.7 Å². The number of para-hydroxylation sites is 2. The summed E-state index contributed by atoms with van der Waals surface area (Å²) in [7, 11) is 1.89. The Hall–Kier alpha value is -3.85. The van der Waals surface area contributed by atoms with Crippen molar-refractivity contribution in [2.24, 2.45) is 13.0 Å². The van der Waals surface area contributed by atoms with Gasteiger partial charge in [-0.15, -0.1) is 0 Å². The number of piperazine rings is 1. The summed E-state index contributed by atoms with van der Waals surface area (Å²) >= 11 is 0. The number of amides is 3. The maximum Gasteiger partial charge on any atom is 0.317 e. The number of aromatic nitrogens is 2. The SMILES string of the molecule is Cc1cc(C(=O)N2Cc3cnn(C)c3Nc3ccccc32)ccc1CNC(=O)N1CCN(CC2CCCC2)CC1. The van der Waals surface area contributed by atoms with Gasteiger partial charge in [-0.05, 0) is 61.1 Å². The molecule has 0 radical (unpaired) electrons. The van der Waals surface area contributed by atoms with Gasteiger partial charge >= 0.3 is 6.03 Å². The van der Waals surface area contributed by atoms with Crippen LogP contribution in [0.25, 0.3) is 0 Å². The van der Waals surface area contributed by atoms with Crippen LogP contribution in [0.15, 0.2) is 48.7 Å². The van der Waals surface area contributed by atoms with Crippen molar-refractivity contribution in [2.75, 3.05) is 42.9 Å². The number of aryl methyl sites for hydroxylation is 2. The van der Waals surface area contributed by atoms with E-state index in [1.165, 1.54) is 32.2 Å². The molecule has 0 unspecified atom stereocenters. The maximum atomic E-state index is 13.8. The number of urea groups is 1. The second-order valence-electron chi connectivity index (χ2n) is 11.4. The van der Waals surface area contributed by atoms with Crippen LogP contribution in [0.3, 0.4) is 0 Å². The first-order valence-corrected chi connectivity index (χ1v) is 14.5. The van der Waals surface area contributed by atoms with Gasteiger partial charge in [-0.2, -0.15) is 5.10 Å². The Kier molecular flexibility index (Phi) is 7.47. The molecule has 2 N–H and O–H groups in total. The minimum absolute atomic E-state index is 0.0129. The molecule has 2 aliphatic heterocycles. The average molecular weight is 542 g/mol. The summed E-state index contributed by atoms with van der Waals surface area (Å²) in [6, 6.07) is 13.6. The van der Waals surface area contributed by atoms with Crippen LogP contribution in [0.1, 0.15) is 52.7 Å². The third-order valence-electron chi connectivity index (χ3n) is 8.71. The molecule has 0 atom stereocenters. The summed E-state index contributed by atoms with van der Waals surface area (Å²) in [5, 5.41) is 10.9. The van der Waals surface area contributed by atoms with Crippen LogP contribution in [0, 0.1) is 12.8 Å². The van der Waals surface area contributed by atoms with Gasteiger partial charge in [-0.1, -0.05) is 31.0 Å². The molecule has 0 spiro atoms. The van der Waals surface area contributed by atoms with E-state index < -0.39 is 0 Å². The number of nitrogens with one attached hydrogen (secondary N) is 2. The van der Waals surface area contributed by atoms with Gasteiger partial charge in [-0.3, -0.25) is 14.4 Å². The number of nitrogens with zero attached hydrogens (tertiary/aromatic N) is 5. The highest BCUT2D eigenvalue weighted by atomic mass is 16.2. The highest BCUT2D eigenvalue weighted by Crippen LogP contribution is 2.36. The minimum Gasteiger partial charge on any atom is -0.338 e. The van der Waals surface area contributed by atoms with E-state index in [9.17, 15) is 9.59 Å².